The number of benzene rings is 3. The molecule has 2 amide bonds. The number of halogens is 2. The van der Waals surface area contributed by atoms with Gasteiger partial charge in [0.1, 0.15) is 5.75 Å². The predicted octanol–water partition coefficient (Wildman–Crippen LogP) is 4.76. The molecular formula is C25H15Cl2NO7. The third kappa shape index (κ3) is 4.80. The molecule has 3 aromatic carbocycles. The number of hydrogen-bond acceptors (Lipinski definition) is 7. The molecular weight excluding hydrogens is 497 g/mol. The number of carbonyl (C=O) groups excluding carboxylic acids is 5. The molecule has 0 aliphatic carbocycles. The van der Waals surface area contributed by atoms with Gasteiger partial charge in [0.15, 0.2) is 12.4 Å². The first-order valence-electron chi connectivity index (χ1n) is 10.1. The van der Waals surface area contributed by atoms with Crippen molar-refractivity contribution in [3.63, 3.8) is 0 Å². The van der Waals surface area contributed by atoms with E-state index in [0.717, 1.165) is 4.90 Å². The van der Waals surface area contributed by atoms with Crippen LogP contribution < -0.4 is 9.64 Å². The van der Waals surface area contributed by atoms with E-state index in [1.165, 1.54) is 61.5 Å². The minimum Gasteiger partial charge on any atom is -0.454 e. The monoisotopic (exact) mass is 511 g/mol. The second-order valence-electron chi connectivity index (χ2n) is 7.39. The van der Waals surface area contributed by atoms with Gasteiger partial charge in [0.2, 0.25) is 0 Å². The van der Waals surface area contributed by atoms with Crippen LogP contribution in [0, 0.1) is 0 Å². The van der Waals surface area contributed by atoms with Crippen LogP contribution in [-0.2, 0) is 9.53 Å². The maximum absolute atomic E-state index is 13.0. The maximum atomic E-state index is 13.0. The van der Waals surface area contributed by atoms with Crippen LogP contribution in [0.1, 0.15) is 48.4 Å². The Balaban J connectivity index is 1.52. The van der Waals surface area contributed by atoms with Crippen LogP contribution in [0.15, 0.2) is 60.7 Å². The molecule has 35 heavy (non-hydrogen) atoms. The minimum atomic E-state index is -0.905. The Labute approximate surface area is 208 Å². The van der Waals surface area contributed by atoms with Crippen molar-refractivity contribution in [3.8, 4) is 5.75 Å². The van der Waals surface area contributed by atoms with Crippen molar-refractivity contribution in [3.05, 3.63) is 93.0 Å². The van der Waals surface area contributed by atoms with E-state index < -0.39 is 36.1 Å². The zero-order valence-electron chi connectivity index (χ0n) is 18.0. The van der Waals surface area contributed by atoms with Gasteiger partial charge < -0.3 is 9.47 Å². The maximum Gasteiger partial charge on any atom is 0.340 e. The first-order chi connectivity index (χ1) is 16.7. The largest absolute Gasteiger partial charge is 0.454 e. The average molecular weight is 512 g/mol. The summed E-state index contributed by atoms with van der Waals surface area (Å²) in [7, 11) is 0. The van der Waals surface area contributed by atoms with E-state index >= 15 is 0 Å². The molecule has 0 aromatic heterocycles. The summed E-state index contributed by atoms with van der Waals surface area (Å²) in [6.07, 6.45) is 0. The Morgan fingerprint density at radius 1 is 0.857 bits per heavy atom. The second kappa shape index (κ2) is 9.69. The van der Waals surface area contributed by atoms with E-state index in [9.17, 15) is 24.0 Å². The third-order valence-electron chi connectivity index (χ3n) is 5.06. The summed E-state index contributed by atoms with van der Waals surface area (Å²) in [4.78, 5) is 63.0. The summed E-state index contributed by atoms with van der Waals surface area (Å²) in [5.41, 5.74) is 0.252. The van der Waals surface area contributed by atoms with Gasteiger partial charge in [-0.05, 0) is 48.5 Å². The van der Waals surface area contributed by atoms with Crippen LogP contribution in [0.5, 0.6) is 5.75 Å². The number of para-hydroxylation sites is 1. The number of nitrogens with zero attached hydrogens (tertiary/aromatic N) is 1. The molecule has 0 atom stereocenters. The van der Waals surface area contributed by atoms with Crippen molar-refractivity contribution < 1.29 is 33.4 Å². The van der Waals surface area contributed by atoms with Crippen molar-refractivity contribution >= 4 is 58.4 Å². The van der Waals surface area contributed by atoms with Gasteiger partial charge >= 0.3 is 11.9 Å². The van der Waals surface area contributed by atoms with Crippen LogP contribution in [-0.4, -0.2) is 36.1 Å². The van der Waals surface area contributed by atoms with E-state index in [1.54, 1.807) is 6.07 Å². The van der Waals surface area contributed by atoms with Gasteiger partial charge in [0.25, 0.3) is 11.8 Å². The molecule has 10 heteroatoms. The van der Waals surface area contributed by atoms with Crippen LogP contribution in [0.25, 0.3) is 0 Å². The Bertz CT molecular complexity index is 1360. The number of hydrogen-bond donors (Lipinski definition) is 0. The average Bonchev–Trinajstić information content (AvgIpc) is 3.06. The number of amides is 2. The Kier molecular flexibility index (Phi) is 6.68. The van der Waals surface area contributed by atoms with Gasteiger partial charge in [0, 0.05) is 12.5 Å². The molecule has 0 radical (unpaired) electrons. The number of ether oxygens (including phenoxy) is 2. The second-order valence-corrected chi connectivity index (χ2v) is 8.21. The highest BCUT2D eigenvalue weighted by Crippen LogP contribution is 2.35. The van der Waals surface area contributed by atoms with Crippen LogP contribution >= 0.6 is 23.2 Å². The van der Waals surface area contributed by atoms with Crippen molar-refractivity contribution in [2.75, 3.05) is 11.5 Å². The molecule has 176 valence electrons. The Morgan fingerprint density at radius 3 is 2.00 bits per heavy atom. The third-order valence-corrected chi connectivity index (χ3v) is 5.79. The van der Waals surface area contributed by atoms with E-state index in [2.05, 4.69) is 0 Å². The molecule has 3 aromatic rings. The molecule has 1 aliphatic rings. The van der Waals surface area contributed by atoms with Crippen molar-refractivity contribution in [2.45, 2.75) is 6.92 Å². The standard InChI is InChI=1S/C25H15Cl2NO7/c1-13(29)35-15-8-6-14(7-9-15)22(30)12-34-25(33)16-4-2-3-5-21(16)28-23(31)17-10-19(26)20(27)11-18(17)24(28)32/h2-11H,12H2,1H3. The Morgan fingerprint density at radius 2 is 1.43 bits per heavy atom. The lowest BCUT2D eigenvalue weighted by atomic mass is 10.1. The molecule has 8 nitrogen and oxygen atoms in total. The Hall–Kier alpha value is -4.01. The van der Waals surface area contributed by atoms with Crippen molar-refractivity contribution in [1.82, 2.24) is 0 Å². The summed E-state index contributed by atoms with van der Waals surface area (Å²) in [5.74, 6) is -2.99. The summed E-state index contributed by atoms with van der Waals surface area (Å²) in [5, 5.41) is 0.223. The van der Waals surface area contributed by atoms with Gasteiger partial charge in [-0.2, -0.15) is 0 Å². The lowest BCUT2D eigenvalue weighted by molar-refractivity contribution is -0.131. The van der Waals surface area contributed by atoms with Crippen molar-refractivity contribution in [2.24, 2.45) is 0 Å². The quantitative estimate of drug-likeness (QED) is 0.203. The fraction of sp³-hybridized carbons (Fsp3) is 0.0800. The fourth-order valence-corrected chi connectivity index (χ4v) is 3.79. The fourth-order valence-electron chi connectivity index (χ4n) is 3.46. The van der Waals surface area contributed by atoms with E-state index in [1.807, 2.05) is 0 Å². The lowest BCUT2D eigenvalue weighted by Gasteiger charge is -2.17. The minimum absolute atomic E-state index is 0.00544. The number of rotatable bonds is 6. The molecule has 0 unspecified atom stereocenters. The van der Waals surface area contributed by atoms with Gasteiger partial charge in [-0.3, -0.25) is 19.2 Å². The molecule has 1 aliphatic heterocycles. The summed E-state index contributed by atoms with van der Waals surface area (Å²) in [6, 6.07) is 14.2. The number of ketones is 1. The highest BCUT2D eigenvalue weighted by atomic mass is 35.5. The molecule has 4 rings (SSSR count). The van der Waals surface area contributed by atoms with Crippen LogP contribution in [0.3, 0.4) is 0 Å². The molecule has 0 bridgehead atoms. The summed E-state index contributed by atoms with van der Waals surface area (Å²) >= 11 is 12.0. The smallest absolute Gasteiger partial charge is 0.340 e. The number of imide groups is 1. The summed E-state index contributed by atoms with van der Waals surface area (Å²) in [6.45, 7) is 0.663. The number of anilines is 1. The molecule has 1 heterocycles. The predicted molar refractivity (Wildman–Crippen MR) is 126 cm³/mol. The molecule has 0 N–H and O–H groups in total. The van der Waals surface area contributed by atoms with Gasteiger partial charge in [0.05, 0.1) is 32.4 Å². The van der Waals surface area contributed by atoms with Crippen molar-refractivity contribution in [1.29, 1.82) is 0 Å². The highest BCUT2D eigenvalue weighted by molar-refractivity contribution is 6.44. The first-order valence-corrected chi connectivity index (χ1v) is 10.9. The van der Waals surface area contributed by atoms with E-state index in [-0.39, 0.29) is 43.7 Å². The first kappa shape index (κ1) is 24.1. The lowest BCUT2D eigenvalue weighted by Crippen LogP contribution is -2.31. The highest BCUT2D eigenvalue weighted by Gasteiger charge is 2.39. The van der Waals surface area contributed by atoms with Crippen LogP contribution in [0.2, 0.25) is 10.0 Å². The number of esters is 2. The van der Waals surface area contributed by atoms with Crippen LogP contribution in [0.4, 0.5) is 5.69 Å². The molecule has 0 fully saturated rings. The summed E-state index contributed by atoms with van der Waals surface area (Å²) < 4.78 is 10.1. The number of Topliss-reactive ketones (excluding diaryl/α,β-unsaturated/α-hetero) is 1. The SMILES string of the molecule is CC(=O)Oc1ccc(C(=O)COC(=O)c2ccccc2N2C(=O)c3cc(Cl)c(Cl)cc3C2=O)cc1. The number of carbonyl (C=O) groups is 5. The zero-order valence-corrected chi connectivity index (χ0v) is 19.6. The van der Waals surface area contributed by atoms with Gasteiger partial charge in [-0.15, -0.1) is 0 Å². The van der Waals surface area contributed by atoms with Gasteiger partial charge in [-0.25, -0.2) is 9.69 Å². The zero-order chi connectivity index (χ0) is 25.3. The van der Waals surface area contributed by atoms with Gasteiger partial charge in [-0.1, -0.05) is 35.3 Å². The molecule has 0 spiro atoms. The molecule has 0 saturated heterocycles. The number of fused-ring (bicyclic) bond motifs is 1. The van der Waals surface area contributed by atoms with E-state index in [0.29, 0.717) is 0 Å². The van der Waals surface area contributed by atoms with E-state index in [4.69, 9.17) is 32.7 Å². The molecule has 0 saturated carbocycles. The normalized spacial score (nSPS) is 12.4. The topological polar surface area (TPSA) is 107 Å².